The summed E-state index contributed by atoms with van der Waals surface area (Å²) < 4.78 is 0. The molecule has 5 heteroatoms. The Bertz CT molecular complexity index is 346. The highest BCUT2D eigenvalue weighted by Crippen LogP contribution is 2.23. The Morgan fingerprint density at radius 3 is 3.00 bits per heavy atom. The predicted octanol–water partition coefficient (Wildman–Crippen LogP) is 0.178. The van der Waals surface area contributed by atoms with Gasteiger partial charge in [0.2, 0.25) is 0 Å². The number of aromatic nitrogens is 2. The maximum Gasteiger partial charge on any atom is 0.147 e. The van der Waals surface area contributed by atoms with E-state index in [1.165, 1.54) is 0 Å². The summed E-state index contributed by atoms with van der Waals surface area (Å²) in [4.78, 5) is 10.5. The maximum atomic E-state index is 8.99. The van der Waals surface area contributed by atoms with Crippen molar-refractivity contribution in [3.63, 3.8) is 0 Å². The molecule has 1 saturated heterocycles. The summed E-state index contributed by atoms with van der Waals surface area (Å²) in [5.74, 6) is 1.37. The molecular formula is C11H17N3O2. The van der Waals surface area contributed by atoms with E-state index in [0.717, 1.165) is 31.7 Å². The zero-order valence-corrected chi connectivity index (χ0v) is 9.21. The Morgan fingerprint density at radius 1 is 1.38 bits per heavy atom. The second-order valence-corrected chi connectivity index (χ2v) is 4.14. The first-order valence-corrected chi connectivity index (χ1v) is 5.61. The molecule has 0 aromatic carbocycles. The molecule has 1 unspecified atom stereocenters. The quantitative estimate of drug-likeness (QED) is 0.762. The lowest BCUT2D eigenvalue weighted by molar-refractivity contribution is 0.263. The minimum Gasteiger partial charge on any atom is -0.396 e. The van der Waals surface area contributed by atoms with Gasteiger partial charge in [-0.3, -0.25) is 4.98 Å². The highest BCUT2D eigenvalue weighted by molar-refractivity contribution is 5.37. The minimum atomic E-state index is -0.0747. The second kappa shape index (κ2) is 5.23. The van der Waals surface area contributed by atoms with E-state index in [9.17, 15) is 0 Å². The van der Waals surface area contributed by atoms with Crippen molar-refractivity contribution < 1.29 is 10.2 Å². The zero-order valence-electron chi connectivity index (χ0n) is 9.21. The van der Waals surface area contributed by atoms with Gasteiger partial charge in [0.1, 0.15) is 5.82 Å². The monoisotopic (exact) mass is 223 g/mol. The van der Waals surface area contributed by atoms with E-state index >= 15 is 0 Å². The molecule has 0 spiro atoms. The molecule has 0 radical (unpaired) electrons. The number of anilines is 1. The average Bonchev–Trinajstić information content (AvgIpc) is 2.78. The van der Waals surface area contributed by atoms with Gasteiger partial charge in [0.25, 0.3) is 0 Å². The van der Waals surface area contributed by atoms with E-state index in [1.54, 1.807) is 12.4 Å². The van der Waals surface area contributed by atoms with E-state index in [0.29, 0.717) is 11.6 Å². The van der Waals surface area contributed by atoms with Crippen LogP contribution in [-0.2, 0) is 6.61 Å². The number of rotatable bonds is 4. The van der Waals surface area contributed by atoms with Crippen molar-refractivity contribution >= 4 is 5.82 Å². The van der Waals surface area contributed by atoms with Crippen LogP contribution >= 0.6 is 0 Å². The van der Waals surface area contributed by atoms with E-state index < -0.39 is 0 Å². The molecular weight excluding hydrogens is 206 g/mol. The Kier molecular flexibility index (Phi) is 3.69. The van der Waals surface area contributed by atoms with Gasteiger partial charge in [-0.25, -0.2) is 4.98 Å². The van der Waals surface area contributed by atoms with Gasteiger partial charge in [0.15, 0.2) is 0 Å². The summed E-state index contributed by atoms with van der Waals surface area (Å²) >= 11 is 0. The minimum absolute atomic E-state index is 0.0747. The van der Waals surface area contributed by atoms with E-state index in [4.69, 9.17) is 10.2 Å². The first-order chi connectivity index (χ1) is 7.83. The fourth-order valence-corrected chi connectivity index (χ4v) is 2.08. The molecule has 0 saturated carbocycles. The van der Waals surface area contributed by atoms with Crippen LogP contribution in [0.5, 0.6) is 0 Å². The number of hydrogen-bond donors (Lipinski definition) is 2. The summed E-state index contributed by atoms with van der Waals surface area (Å²) in [6.45, 7) is 2.05. The SMILES string of the molecule is OCCC1CCN(c2cncc(CO)n2)C1. The molecule has 1 aromatic heterocycles. The molecule has 1 aliphatic heterocycles. The van der Waals surface area contributed by atoms with Gasteiger partial charge in [-0.15, -0.1) is 0 Å². The van der Waals surface area contributed by atoms with Gasteiger partial charge >= 0.3 is 0 Å². The largest absolute Gasteiger partial charge is 0.396 e. The Balaban J connectivity index is 2.02. The van der Waals surface area contributed by atoms with Crippen LogP contribution in [0.4, 0.5) is 5.82 Å². The van der Waals surface area contributed by atoms with Gasteiger partial charge in [0.05, 0.1) is 24.7 Å². The zero-order chi connectivity index (χ0) is 11.4. The molecule has 0 bridgehead atoms. The normalized spacial score (nSPS) is 20.4. The lowest BCUT2D eigenvalue weighted by Crippen LogP contribution is -2.21. The molecule has 1 aromatic rings. The van der Waals surface area contributed by atoms with Crippen molar-refractivity contribution in [2.45, 2.75) is 19.4 Å². The molecule has 0 amide bonds. The van der Waals surface area contributed by atoms with Gasteiger partial charge in [-0.05, 0) is 18.8 Å². The molecule has 5 nitrogen and oxygen atoms in total. The highest BCUT2D eigenvalue weighted by atomic mass is 16.3. The molecule has 2 rings (SSSR count). The summed E-state index contributed by atoms with van der Waals surface area (Å²) in [5, 5.41) is 17.9. The van der Waals surface area contributed by atoms with Crippen LogP contribution < -0.4 is 4.90 Å². The van der Waals surface area contributed by atoms with Crippen LogP contribution in [-0.4, -0.2) is 39.9 Å². The Hall–Kier alpha value is -1.20. The fourth-order valence-electron chi connectivity index (χ4n) is 2.08. The van der Waals surface area contributed by atoms with Crippen LogP contribution in [0.3, 0.4) is 0 Å². The first-order valence-electron chi connectivity index (χ1n) is 5.61. The Morgan fingerprint density at radius 2 is 2.25 bits per heavy atom. The molecule has 2 N–H and O–H groups in total. The van der Waals surface area contributed by atoms with E-state index in [-0.39, 0.29) is 13.2 Å². The van der Waals surface area contributed by atoms with Crippen LogP contribution in [0.1, 0.15) is 18.5 Å². The fraction of sp³-hybridized carbons (Fsp3) is 0.636. The molecule has 1 aliphatic rings. The van der Waals surface area contributed by atoms with Crippen LogP contribution in [0.15, 0.2) is 12.4 Å². The van der Waals surface area contributed by atoms with Crippen molar-refractivity contribution in [3.05, 3.63) is 18.1 Å². The highest BCUT2D eigenvalue weighted by Gasteiger charge is 2.23. The molecule has 16 heavy (non-hydrogen) atoms. The molecule has 1 atom stereocenters. The predicted molar refractivity (Wildman–Crippen MR) is 60.0 cm³/mol. The van der Waals surface area contributed by atoms with Gasteiger partial charge in [-0.1, -0.05) is 0 Å². The lowest BCUT2D eigenvalue weighted by atomic mass is 10.1. The third-order valence-electron chi connectivity index (χ3n) is 2.98. The standard InChI is InChI=1S/C11H17N3O2/c15-4-2-9-1-3-14(7-9)11-6-12-5-10(8-16)13-11/h5-6,9,15-16H,1-4,7-8H2. The van der Waals surface area contributed by atoms with Crippen molar-refractivity contribution in [1.29, 1.82) is 0 Å². The van der Waals surface area contributed by atoms with E-state index in [1.807, 2.05) is 0 Å². The first kappa shape index (κ1) is 11.3. The van der Waals surface area contributed by atoms with Crippen LogP contribution in [0.25, 0.3) is 0 Å². The number of aliphatic hydroxyl groups is 2. The van der Waals surface area contributed by atoms with Gasteiger partial charge < -0.3 is 15.1 Å². The smallest absolute Gasteiger partial charge is 0.147 e. The Labute approximate surface area is 94.8 Å². The molecule has 0 aliphatic carbocycles. The maximum absolute atomic E-state index is 8.99. The van der Waals surface area contributed by atoms with Crippen molar-refractivity contribution in [2.75, 3.05) is 24.6 Å². The second-order valence-electron chi connectivity index (χ2n) is 4.14. The van der Waals surface area contributed by atoms with E-state index in [2.05, 4.69) is 14.9 Å². The summed E-state index contributed by atoms with van der Waals surface area (Å²) in [7, 11) is 0. The van der Waals surface area contributed by atoms with Crippen LogP contribution in [0, 0.1) is 5.92 Å². The molecule has 1 fully saturated rings. The van der Waals surface area contributed by atoms with Crippen LogP contribution in [0.2, 0.25) is 0 Å². The van der Waals surface area contributed by atoms with Gasteiger partial charge in [-0.2, -0.15) is 0 Å². The lowest BCUT2D eigenvalue weighted by Gasteiger charge is -2.17. The third-order valence-corrected chi connectivity index (χ3v) is 2.98. The van der Waals surface area contributed by atoms with Crippen molar-refractivity contribution in [2.24, 2.45) is 5.92 Å². The summed E-state index contributed by atoms with van der Waals surface area (Å²) in [6, 6.07) is 0. The average molecular weight is 223 g/mol. The third kappa shape index (κ3) is 2.48. The number of aliphatic hydroxyl groups excluding tert-OH is 2. The topological polar surface area (TPSA) is 69.5 Å². The summed E-state index contributed by atoms with van der Waals surface area (Å²) in [5.41, 5.74) is 0.600. The van der Waals surface area contributed by atoms with Gasteiger partial charge in [0, 0.05) is 19.7 Å². The van der Waals surface area contributed by atoms with Crippen molar-refractivity contribution in [1.82, 2.24) is 9.97 Å². The number of nitrogens with zero attached hydrogens (tertiary/aromatic N) is 3. The molecule has 88 valence electrons. The van der Waals surface area contributed by atoms with Crippen molar-refractivity contribution in [3.8, 4) is 0 Å². The number of hydrogen-bond acceptors (Lipinski definition) is 5. The molecule has 2 heterocycles. The summed E-state index contributed by atoms with van der Waals surface area (Å²) in [6.07, 6.45) is 5.24.